The first-order chi connectivity index (χ1) is 9.58. The second-order valence-electron chi connectivity index (χ2n) is 4.44. The maximum Gasteiger partial charge on any atom is 0.337 e. The average Bonchev–Trinajstić information content (AvgIpc) is 2.95. The van der Waals surface area contributed by atoms with Gasteiger partial charge in [0.15, 0.2) is 0 Å². The van der Waals surface area contributed by atoms with Gasteiger partial charge in [0, 0.05) is 5.56 Å². The molecule has 2 N–H and O–H groups in total. The van der Waals surface area contributed by atoms with Crippen molar-refractivity contribution in [1.29, 1.82) is 0 Å². The van der Waals surface area contributed by atoms with Crippen LogP contribution in [0.1, 0.15) is 23.3 Å². The van der Waals surface area contributed by atoms with Gasteiger partial charge >= 0.3 is 5.97 Å². The number of phenolic OH excluding ortho intramolecular Hbond substituents is 1. The molecule has 6 heteroatoms. The van der Waals surface area contributed by atoms with Crippen LogP contribution in [0.4, 0.5) is 0 Å². The minimum absolute atomic E-state index is 0.0320. The summed E-state index contributed by atoms with van der Waals surface area (Å²) in [4.78, 5) is 15.6. The van der Waals surface area contributed by atoms with Gasteiger partial charge in [-0.2, -0.15) is 0 Å². The van der Waals surface area contributed by atoms with Gasteiger partial charge in [0.05, 0.1) is 43.5 Å². The highest BCUT2D eigenvalue weighted by atomic mass is 16.5. The molecule has 1 aromatic carbocycles. The van der Waals surface area contributed by atoms with Crippen molar-refractivity contribution < 1.29 is 19.7 Å². The predicted octanol–water partition coefficient (Wildman–Crippen LogP) is 1.60. The van der Waals surface area contributed by atoms with Crippen molar-refractivity contribution in [2.75, 3.05) is 13.7 Å². The molecule has 6 nitrogen and oxygen atoms in total. The van der Waals surface area contributed by atoms with Gasteiger partial charge in [-0.3, -0.25) is 0 Å². The Balaban J connectivity index is 2.52. The molecule has 0 aliphatic heterocycles. The molecule has 0 aliphatic carbocycles. The van der Waals surface area contributed by atoms with Gasteiger partial charge in [-0.15, -0.1) is 0 Å². The van der Waals surface area contributed by atoms with Crippen LogP contribution in [0.3, 0.4) is 0 Å². The summed E-state index contributed by atoms with van der Waals surface area (Å²) in [5.41, 5.74) is 1.42. The normalized spacial score (nSPS) is 12.2. The maximum absolute atomic E-state index is 11.6. The second kappa shape index (κ2) is 5.75. The molecule has 0 saturated heterocycles. The number of rotatable bonds is 4. The number of benzene rings is 1. The molecule has 2 rings (SSSR count). The maximum atomic E-state index is 11.6. The fourth-order valence-corrected chi connectivity index (χ4v) is 1.94. The van der Waals surface area contributed by atoms with Gasteiger partial charge in [-0.25, -0.2) is 9.78 Å². The molecule has 1 unspecified atom stereocenters. The van der Waals surface area contributed by atoms with Crippen LogP contribution < -0.4 is 0 Å². The number of hydrogen-bond acceptors (Lipinski definition) is 5. The van der Waals surface area contributed by atoms with E-state index in [2.05, 4.69) is 9.72 Å². The number of methoxy groups -OCH3 is 1. The Bertz CT molecular complexity index is 621. The Morgan fingerprint density at radius 3 is 2.90 bits per heavy atom. The lowest BCUT2D eigenvalue weighted by Gasteiger charge is -2.15. The monoisotopic (exact) mass is 276 g/mol. The van der Waals surface area contributed by atoms with E-state index in [0.717, 1.165) is 0 Å². The lowest BCUT2D eigenvalue weighted by Crippen LogP contribution is -2.09. The smallest absolute Gasteiger partial charge is 0.337 e. The zero-order valence-electron chi connectivity index (χ0n) is 11.3. The summed E-state index contributed by atoms with van der Waals surface area (Å²) >= 11 is 0. The predicted molar refractivity (Wildman–Crippen MR) is 72.5 cm³/mol. The van der Waals surface area contributed by atoms with Crippen molar-refractivity contribution in [3.8, 4) is 17.0 Å². The molecule has 1 heterocycles. The second-order valence-corrected chi connectivity index (χ2v) is 4.44. The summed E-state index contributed by atoms with van der Waals surface area (Å²) < 4.78 is 6.40. The minimum atomic E-state index is -0.479. The summed E-state index contributed by atoms with van der Waals surface area (Å²) in [5.74, 6) is -0.447. The van der Waals surface area contributed by atoms with Crippen LogP contribution in [0.5, 0.6) is 5.75 Å². The molecular formula is C14H16N2O4. The Morgan fingerprint density at radius 2 is 2.25 bits per heavy atom. The number of carbonyl (C=O) groups is 1. The number of carbonyl (C=O) groups excluding carboxylic acids is 1. The standard InChI is InChI=1S/C14H16N2O4/c1-9(7-17)16-8-15-6-12(16)11-5-10(14(19)20-2)3-4-13(11)18/h3-6,8-9,17-18H,7H2,1-2H3. The highest BCUT2D eigenvalue weighted by molar-refractivity contribution is 5.91. The lowest BCUT2D eigenvalue weighted by molar-refractivity contribution is 0.0601. The van der Waals surface area contributed by atoms with Crippen LogP contribution in [0.15, 0.2) is 30.7 Å². The van der Waals surface area contributed by atoms with Crippen LogP contribution in [-0.2, 0) is 4.74 Å². The number of aliphatic hydroxyl groups excluding tert-OH is 1. The summed E-state index contributed by atoms with van der Waals surface area (Å²) in [7, 11) is 1.30. The summed E-state index contributed by atoms with van der Waals surface area (Å²) in [5, 5.41) is 19.2. The minimum Gasteiger partial charge on any atom is -0.507 e. The molecule has 0 fully saturated rings. The summed E-state index contributed by atoms with van der Waals surface area (Å²) in [6.07, 6.45) is 3.14. The number of ether oxygens (including phenoxy) is 1. The molecule has 0 spiro atoms. The molecule has 0 saturated carbocycles. The van der Waals surface area contributed by atoms with E-state index in [1.54, 1.807) is 23.2 Å². The zero-order chi connectivity index (χ0) is 14.7. The summed E-state index contributed by atoms with van der Waals surface area (Å²) in [6.45, 7) is 1.77. The van der Waals surface area contributed by atoms with Gasteiger partial charge < -0.3 is 19.5 Å². The number of phenols is 1. The number of aliphatic hydroxyl groups is 1. The van der Waals surface area contributed by atoms with E-state index in [-0.39, 0.29) is 18.4 Å². The number of imidazole rings is 1. The van der Waals surface area contributed by atoms with Crippen LogP contribution in [0.2, 0.25) is 0 Å². The molecule has 106 valence electrons. The Hall–Kier alpha value is -2.34. The van der Waals surface area contributed by atoms with Crippen LogP contribution in [0, 0.1) is 0 Å². The van der Waals surface area contributed by atoms with Crippen LogP contribution >= 0.6 is 0 Å². The number of aromatic nitrogens is 2. The first kappa shape index (κ1) is 14.1. The highest BCUT2D eigenvalue weighted by Crippen LogP contribution is 2.31. The molecule has 1 atom stereocenters. The molecule has 20 heavy (non-hydrogen) atoms. The molecular weight excluding hydrogens is 260 g/mol. The third-order valence-electron chi connectivity index (χ3n) is 3.10. The Morgan fingerprint density at radius 1 is 1.50 bits per heavy atom. The highest BCUT2D eigenvalue weighted by Gasteiger charge is 2.16. The van der Waals surface area contributed by atoms with E-state index in [9.17, 15) is 15.0 Å². The van der Waals surface area contributed by atoms with E-state index < -0.39 is 5.97 Å². The van der Waals surface area contributed by atoms with Gasteiger partial charge in [0.1, 0.15) is 5.75 Å². The first-order valence-corrected chi connectivity index (χ1v) is 6.13. The third-order valence-corrected chi connectivity index (χ3v) is 3.10. The zero-order valence-corrected chi connectivity index (χ0v) is 11.3. The third kappa shape index (κ3) is 2.50. The van der Waals surface area contributed by atoms with Crippen molar-refractivity contribution in [3.05, 3.63) is 36.3 Å². The van der Waals surface area contributed by atoms with E-state index in [0.29, 0.717) is 16.8 Å². The first-order valence-electron chi connectivity index (χ1n) is 6.13. The topological polar surface area (TPSA) is 84.6 Å². The number of nitrogens with zero attached hydrogens (tertiary/aromatic N) is 2. The van der Waals surface area contributed by atoms with E-state index in [1.807, 2.05) is 6.92 Å². The number of esters is 1. The van der Waals surface area contributed by atoms with Crippen LogP contribution in [-0.4, -0.2) is 39.5 Å². The molecule has 1 aromatic heterocycles. The van der Waals surface area contributed by atoms with E-state index >= 15 is 0 Å². The largest absolute Gasteiger partial charge is 0.507 e. The van der Waals surface area contributed by atoms with Crippen molar-refractivity contribution in [1.82, 2.24) is 9.55 Å². The summed E-state index contributed by atoms with van der Waals surface area (Å²) in [6, 6.07) is 4.27. The van der Waals surface area contributed by atoms with Gasteiger partial charge in [-0.05, 0) is 25.1 Å². The van der Waals surface area contributed by atoms with Crippen molar-refractivity contribution in [3.63, 3.8) is 0 Å². The Labute approximate surface area is 116 Å². The number of aromatic hydroxyl groups is 1. The Kier molecular flexibility index (Phi) is 4.05. The van der Waals surface area contributed by atoms with Gasteiger partial charge in [0.25, 0.3) is 0 Å². The quantitative estimate of drug-likeness (QED) is 0.828. The van der Waals surface area contributed by atoms with E-state index in [4.69, 9.17) is 0 Å². The number of hydrogen-bond donors (Lipinski definition) is 2. The van der Waals surface area contributed by atoms with E-state index in [1.165, 1.54) is 19.2 Å². The average molecular weight is 276 g/mol. The van der Waals surface area contributed by atoms with Crippen molar-refractivity contribution >= 4 is 5.97 Å². The lowest BCUT2D eigenvalue weighted by atomic mass is 10.1. The molecule has 0 radical (unpaired) electrons. The van der Waals surface area contributed by atoms with Crippen LogP contribution in [0.25, 0.3) is 11.3 Å². The molecule has 2 aromatic rings. The van der Waals surface area contributed by atoms with Gasteiger partial charge in [-0.1, -0.05) is 0 Å². The molecule has 0 amide bonds. The molecule has 0 aliphatic rings. The van der Waals surface area contributed by atoms with Crippen molar-refractivity contribution in [2.24, 2.45) is 0 Å². The SMILES string of the molecule is COC(=O)c1ccc(O)c(-c2cncn2C(C)CO)c1. The van der Waals surface area contributed by atoms with Gasteiger partial charge in [0.2, 0.25) is 0 Å². The van der Waals surface area contributed by atoms with Crippen molar-refractivity contribution in [2.45, 2.75) is 13.0 Å². The molecule has 0 bridgehead atoms. The fourth-order valence-electron chi connectivity index (χ4n) is 1.94. The fraction of sp³-hybridized carbons (Fsp3) is 0.286.